The third kappa shape index (κ3) is 4.93. The monoisotopic (exact) mass is 446 g/mol. The third-order valence-electron chi connectivity index (χ3n) is 4.65. The van der Waals surface area contributed by atoms with Crippen molar-refractivity contribution < 1.29 is 26.7 Å². The molecule has 0 saturated carbocycles. The van der Waals surface area contributed by atoms with Crippen LogP contribution in [-0.4, -0.2) is 31.5 Å². The molecule has 2 heterocycles. The number of hydrogen-bond donors (Lipinski definition) is 0. The Kier molecular flexibility index (Phi) is 6.45. The summed E-state index contributed by atoms with van der Waals surface area (Å²) in [4.78, 5) is 19.8. The molecule has 0 aliphatic rings. The van der Waals surface area contributed by atoms with Crippen molar-refractivity contribution in [3.05, 3.63) is 77.2 Å². The normalized spacial score (nSPS) is 11.5. The number of carbonyl (C=O) groups excluding carboxylic acids is 1. The SMILES string of the molecule is COC(=O)c1cc(F)c(CS(=O)(=O)c2ccc(-c3ccnc(C(C)C)c3)cn2)cc1F. The zero-order valence-corrected chi connectivity index (χ0v) is 17.9. The first-order chi connectivity index (χ1) is 14.6. The number of nitrogens with zero attached hydrogens (tertiary/aromatic N) is 2. The Balaban J connectivity index is 1.87. The molecule has 0 spiro atoms. The number of methoxy groups -OCH3 is 1. The highest BCUT2D eigenvalue weighted by molar-refractivity contribution is 7.90. The molecular formula is C22H20F2N2O4S. The van der Waals surface area contributed by atoms with Crippen molar-refractivity contribution in [2.75, 3.05) is 7.11 Å². The van der Waals surface area contributed by atoms with Crippen LogP contribution in [0.15, 0.2) is 53.8 Å². The van der Waals surface area contributed by atoms with E-state index in [2.05, 4.69) is 14.7 Å². The number of halogens is 2. The number of carbonyl (C=O) groups is 1. The van der Waals surface area contributed by atoms with Gasteiger partial charge in [-0.2, -0.15) is 0 Å². The van der Waals surface area contributed by atoms with E-state index in [0.29, 0.717) is 17.7 Å². The number of ether oxygens (including phenoxy) is 1. The van der Waals surface area contributed by atoms with Crippen LogP contribution >= 0.6 is 0 Å². The van der Waals surface area contributed by atoms with Gasteiger partial charge in [0.05, 0.1) is 18.4 Å². The van der Waals surface area contributed by atoms with Gasteiger partial charge in [0.1, 0.15) is 11.6 Å². The summed E-state index contributed by atoms with van der Waals surface area (Å²) in [6.07, 6.45) is 3.08. The van der Waals surface area contributed by atoms with Crippen LogP contribution in [0.5, 0.6) is 0 Å². The highest BCUT2D eigenvalue weighted by Crippen LogP contribution is 2.25. The summed E-state index contributed by atoms with van der Waals surface area (Å²) < 4.78 is 58.1. The van der Waals surface area contributed by atoms with Crippen LogP contribution in [0.3, 0.4) is 0 Å². The van der Waals surface area contributed by atoms with Crippen molar-refractivity contribution in [2.45, 2.75) is 30.5 Å². The van der Waals surface area contributed by atoms with E-state index in [-0.39, 0.29) is 10.9 Å². The number of aromatic nitrogens is 2. The number of esters is 1. The van der Waals surface area contributed by atoms with Gasteiger partial charge in [0.25, 0.3) is 0 Å². The van der Waals surface area contributed by atoms with Gasteiger partial charge in [-0.25, -0.2) is 27.0 Å². The van der Waals surface area contributed by atoms with Crippen molar-refractivity contribution >= 4 is 15.8 Å². The number of rotatable bonds is 6. The van der Waals surface area contributed by atoms with Gasteiger partial charge in [0.15, 0.2) is 14.9 Å². The molecule has 0 aliphatic carbocycles. The summed E-state index contributed by atoms with van der Waals surface area (Å²) in [5.41, 5.74) is 1.40. The lowest BCUT2D eigenvalue weighted by molar-refractivity contribution is 0.0595. The summed E-state index contributed by atoms with van der Waals surface area (Å²) in [6.45, 7) is 4.03. The van der Waals surface area contributed by atoms with Crippen molar-refractivity contribution in [3.8, 4) is 11.1 Å². The molecule has 0 radical (unpaired) electrons. The Bertz CT molecular complexity index is 1230. The lowest BCUT2D eigenvalue weighted by Gasteiger charge is -2.09. The molecule has 0 fully saturated rings. The zero-order valence-electron chi connectivity index (χ0n) is 17.1. The van der Waals surface area contributed by atoms with Crippen LogP contribution in [0.25, 0.3) is 11.1 Å². The van der Waals surface area contributed by atoms with Crippen LogP contribution < -0.4 is 0 Å². The predicted octanol–water partition coefficient (Wildman–Crippen LogP) is 4.31. The number of benzene rings is 1. The molecule has 0 amide bonds. The van der Waals surface area contributed by atoms with Crippen molar-refractivity contribution in [2.24, 2.45) is 0 Å². The molecule has 0 saturated heterocycles. The maximum absolute atomic E-state index is 14.3. The van der Waals surface area contributed by atoms with Crippen LogP contribution in [0.2, 0.25) is 0 Å². The maximum Gasteiger partial charge on any atom is 0.340 e. The number of hydrogen-bond acceptors (Lipinski definition) is 6. The van der Waals surface area contributed by atoms with E-state index >= 15 is 0 Å². The van der Waals surface area contributed by atoms with E-state index in [1.165, 1.54) is 12.3 Å². The van der Waals surface area contributed by atoms with Gasteiger partial charge in [-0.3, -0.25) is 4.98 Å². The minimum atomic E-state index is -4.06. The molecule has 0 unspecified atom stereocenters. The van der Waals surface area contributed by atoms with Crippen LogP contribution in [0.4, 0.5) is 8.78 Å². The average molecular weight is 446 g/mol. The Labute approximate surface area is 178 Å². The topological polar surface area (TPSA) is 86.2 Å². The third-order valence-corrected chi connectivity index (χ3v) is 6.22. The van der Waals surface area contributed by atoms with Gasteiger partial charge >= 0.3 is 5.97 Å². The standard InChI is InChI=1S/C22H20F2N2O4S/c1-13(2)20-9-14(6-7-25-20)15-4-5-21(26-11-15)31(28,29)12-16-8-19(24)17(10-18(16)23)22(27)30-3/h4-11,13H,12H2,1-3H3. The van der Waals surface area contributed by atoms with Gasteiger partial charge < -0.3 is 4.74 Å². The first-order valence-corrected chi connectivity index (χ1v) is 11.0. The first-order valence-electron chi connectivity index (χ1n) is 9.33. The molecule has 0 N–H and O–H groups in total. The maximum atomic E-state index is 14.3. The Morgan fingerprint density at radius 1 is 1.03 bits per heavy atom. The molecule has 9 heteroatoms. The fourth-order valence-corrected chi connectivity index (χ4v) is 4.19. The van der Waals surface area contributed by atoms with E-state index in [4.69, 9.17) is 0 Å². The largest absolute Gasteiger partial charge is 0.465 e. The van der Waals surface area contributed by atoms with Gasteiger partial charge in [-0.1, -0.05) is 13.8 Å². The van der Waals surface area contributed by atoms with Crippen LogP contribution in [0.1, 0.15) is 41.4 Å². The molecule has 0 bridgehead atoms. The second kappa shape index (κ2) is 8.89. The number of pyridine rings is 2. The quantitative estimate of drug-likeness (QED) is 0.525. The van der Waals surface area contributed by atoms with Crippen molar-refractivity contribution in [3.63, 3.8) is 0 Å². The molecule has 0 atom stereocenters. The highest BCUT2D eigenvalue weighted by atomic mass is 32.2. The Morgan fingerprint density at radius 3 is 2.39 bits per heavy atom. The highest BCUT2D eigenvalue weighted by Gasteiger charge is 2.23. The molecule has 0 aliphatic heterocycles. The van der Waals surface area contributed by atoms with Crippen LogP contribution in [-0.2, 0) is 20.3 Å². The molecule has 1 aromatic carbocycles. The van der Waals surface area contributed by atoms with Gasteiger partial charge in [-0.05, 0) is 47.9 Å². The molecule has 3 aromatic rings. The molecule has 3 rings (SSSR count). The Morgan fingerprint density at radius 2 is 1.77 bits per heavy atom. The van der Waals surface area contributed by atoms with E-state index in [9.17, 15) is 22.0 Å². The minimum Gasteiger partial charge on any atom is -0.465 e. The van der Waals surface area contributed by atoms with E-state index in [1.54, 1.807) is 18.3 Å². The smallest absolute Gasteiger partial charge is 0.340 e. The van der Waals surface area contributed by atoms with Crippen molar-refractivity contribution in [1.82, 2.24) is 9.97 Å². The molecule has 2 aromatic heterocycles. The van der Waals surface area contributed by atoms with E-state index < -0.39 is 44.3 Å². The zero-order chi connectivity index (χ0) is 22.8. The van der Waals surface area contributed by atoms with Crippen LogP contribution in [0, 0.1) is 11.6 Å². The molecule has 162 valence electrons. The van der Waals surface area contributed by atoms with E-state index in [1.807, 2.05) is 19.9 Å². The summed E-state index contributed by atoms with van der Waals surface area (Å²) >= 11 is 0. The second-order valence-electron chi connectivity index (χ2n) is 7.18. The first kappa shape index (κ1) is 22.5. The van der Waals surface area contributed by atoms with E-state index in [0.717, 1.165) is 18.4 Å². The number of sulfone groups is 1. The minimum absolute atomic E-state index is 0.230. The summed E-state index contributed by atoms with van der Waals surface area (Å²) in [5.74, 6) is -3.73. The Hall–Kier alpha value is -3.20. The fraction of sp³-hybridized carbons (Fsp3) is 0.227. The summed E-state index contributed by atoms with van der Waals surface area (Å²) in [5, 5.41) is -0.272. The summed E-state index contributed by atoms with van der Waals surface area (Å²) in [6, 6.07) is 7.90. The van der Waals surface area contributed by atoms with Gasteiger partial charge in [-0.15, -0.1) is 0 Å². The fourth-order valence-electron chi connectivity index (χ4n) is 2.92. The predicted molar refractivity (Wildman–Crippen MR) is 110 cm³/mol. The van der Waals surface area contributed by atoms with Gasteiger partial charge in [0, 0.05) is 29.2 Å². The second-order valence-corrected chi connectivity index (χ2v) is 9.12. The molecule has 6 nitrogen and oxygen atoms in total. The summed E-state index contributed by atoms with van der Waals surface area (Å²) in [7, 11) is -3.03. The average Bonchev–Trinajstić information content (AvgIpc) is 2.75. The lowest BCUT2D eigenvalue weighted by atomic mass is 10.0. The lowest BCUT2D eigenvalue weighted by Crippen LogP contribution is -2.11. The molecule has 31 heavy (non-hydrogen) atoms. The molecular weight excluding hydrogens is 426 g/mol. The van der Waals surface area contributed by atoms with Crippen molar-refractivity contribution in [1.29, 1.82) is 0 Å². The van der Waals surface area contributed by atoms with Gasteiger partial charge in [0.2, 0.25) is 0 Å².